The second kappa shape index (κ2) is 10.2. The molecule has 178 valence electrons. The average molecular weight is 478 g/mol. The molecule has 7 nitrogen and oxygen atoms in total. The van der Waals surface area contributed by atoms with Gasteiger partial charge >= 0.3 is 5.63 Å². The summed E-state index contributed by atoms with van der Waals surface area (Å²) in [6, 6.07) is 27.1. The van der Waals surface area contributed by atoms with E-state index in [9.17, 15) is 14.4 Å². The highest BCUT2D eigenvalue weighted by atomic mass is 16.4. The van der Waals surface area contributed by atoms with Gasteiger partial charge in [-0.2, -0.15) is 0 Å². The van der Waals surface area contributed by atoms with E-state index in [0.717, 1.165) is 16.3 Å². The number of aromatic nitrogens is 1. The molecule has 2 N–H and O–H groups in total. The molecule has 0 aliphatic heterocycles. The normalized spacial score (nSPS) is 10.9. The zero-order valence-electron chi connectivity index (χ0n) is 19.4. The van der Waals surface area contributed by atoms with Crippen LogP contribution in [0, 0.1) is 0 Å². The average Bonchev–Trinajstić information content (AvgIpc) is 2.92. The molecule has 0 atom stereocenters. The van der Waals surface area contributed by atoms with Gasteiger partial charge < -0.3 is 15.1 Å². The van der Waals surface area contributed by atoms with Crippen LogP contribution in [0.15, 0.2) is 100 Å². The molecule has 0 fully saturated rings. The molecular formula is C29H23N3O4. The monoisotopic (exact) mass is 477 g/mol. The molecule has 5 rings (SSSR count). The smallest absolute Gasteiger partial charge is 0.344 e. The number of carbonyl (C=O) groups is 2. The molecule has 0 saturated carbocycles. The molecule has 36 heavy (non-hydrogen) atoms. The van der Waals surface area contributed by atoms with Crippen LogP contribution in [0.4, 0.5) is 0 Å². The lowest BCUT2D eigenvalue weighted by Crippen LogP contribution is -2.30. The Labute approximate surface area is 206 Å². The van der Waals surface area contributed by atoms with E-state index < -0.39 is 5.63 Å². The van der Waals surface area contributed by atoms with Crippen LogP contribution in [0.2, 0.25) is 0 Å². The van der Waals surface area contributed by atoms with Gasteiger partial charge in [0.25, 0.3) is 11.8 Å². The predicted octanol–water partition coefficient (Wildman–Crippen LogP) is 4.56. The van der Waals surface area contributed by atoms with Crippen LogP contribution >= 0.6 is 0 Å². The van der Waals surface area contributed by atoms with Crippen LogP contribution in [0.1, 0.15) is 27.3 Å². The summed E-state index contributed by atoms with van der Waals surface area (Å²) in [6.07, 6.45) is 0.571. The number of carbonyl (C=O) groups excluding carboxylic acids is 2. The Morgan fingerprint density at radius 2 is 1.44 bits per heavy atom. The molecule has 2 heterocycles. The quantitative estimate of drug-likeness (QED) is 0.264. The number of nitrogens with one attached hydrogen (secondary N) is 2. The molecule has 0 bridgehead atoms. The molecule has 2 aromatic heterocycles. The standard InChI is InChI=1S/C29H23N3O4/c33-27(30-16-5-17-31-28(34)25-15-14-20-6-1-3-8-24(20)32-25)21-12-10-19(11-13-21)23-18-22-7-2-4-9-26(22)36-29(23)35/h1-4,6-15,18H,5,16-17H2,(H,30,33)(H,31,34). The number of hydrogen-bond donors (Lipinski definition) is 2. The summed E-state index contributed by atoms with van der Waals surface area (Å²) in [5.41, 5.74) is 2.84. The number of pyridine rings is 1. The fourth-order valence-corrected chi connectivity index (χ4v) is 3.94. The molecule has 7 heteroatoms. The molecule has 0 aliphatic carbocycles. The number of nitrogens with zero attached hydrogens (tertiary/aromatic N) is 1. The lowest BCUT2D eigenvalue weighted by Gasteiger charge is -2.08. The van der Waals surface area contributed by atoms with Crippen LogP contribution in [0.3, 0.4) is 0 Å². The summed E-state index contributed by atoms with van der Waals surface area (Å²) in [7, 11) is 0. The van der Waals surface area contributed by atoms with Gasteiger partial charge in [0, 0.05) is 29.4 Å². The van der Waals surface area contributed by atoms with E-state index in [1.807, 2.05) is 48.5 Å². The lowest BCUT2D eigenvalue weighted by molar-refractivity contribution is 0.0948. The van der Waals surface area contributed by atoms with Crippen LogP contribution in [-0.4, -0.2) is 29.9 Å². The number of para-hydroxylation sites is 2. The second-order valence-corrected chi connectivity index (χ2v) is 8.32. The predicted molar refractivity (Wildman–Crippen MR) is 139 cm³/mol. The van der Waals surface area contributed by atoms with Crippen molar-refractivity contribution < 1.29 is 14.0 Å². The number of fused-ring (bicyclic) bond motifs is 2. The van der Waals surface area contributed by atoms with Gasteiger partial charge in [0.1, 0.15) is 11.3 Å². The molecule has 5 aromatic rings. The van der Waals surface area contributed by atoms with Crippen molar-refractivity contribution >= 4 is 33.7 Å². The van der Waals surface area contributed by atoms with E-state index in [1.165, 1.54) is 0 Å². The summed E-state index contributed by atoms with van der Waals surface area (Å²) >= 11 is 0. The van der Waals surface area contributed by atoms with Crippen molar-refractivity contribution in [1.82, 2.24) is 15.6 Å². The lowest BCUT2D eigenvalue weighted by atomic mass is 10.0. The van der Waals surface area contributed by atoms with Crippen molar-refractivity contribution in [2.24, 2.45) is 0 Å². The highest BCUT2D eigenvalue weighted by Crippen LogP contribution is 2.21. The topological polar surface area (TPSA) is 101 Å². The Balaban J connectivity index is 1.12. The van der Waals surface area contributed by atoms with Crippen LogP contribution < -0.4 is 16.3 Å². The van der Waals surface area contributed by atoms with Crippen molar-refractivity contribution in [2.75, 3.05) is 13.1 Å². The minimum Gasteiger partial charge on any atom is -0.422 e. The molecule has 2 amide bonds. The first-order valence-electron chi connectivity index (χ1n) is 11.6. The van der Waals surface area contributed by atoms with Gasteiger partial charge in [-0.25, -0.2) is 9.78 Å². The van der Waals surface area contributed by atoms with E-state index in [-0.39, 0.29) is 11.8 Å². The summed E-state index contributed by atoms with van der Waals surface area (Å²) < 4.78 is 5.40. The van der Waals surface area contributed by atoms with E-state index in [0.29, 0.717) is 47.5 Å². The maximum Gasteiger partial charge on any atom is 0.344 e. The van der Waals surface area contributed by atoms with Gasteiger partial charge in [-0.1, -0.05) is 54.6 Å². The fraction of sp³-hybridized carbons (Fsp3) is 0.103. The van der Waals surface area contributed by atoms with Gasteiger partial charge in [0.15, 0.2) is 0 Å². The number of benzene rings is 3. The third-order valence-corrected chi connectivity index (χ3v) is 5.86. The molecular weight excluding hydrogens is 454 g/mol. The van der Waals surface area contributed by atoms with Crippen molar-refractivity contribution in [3.05, 3.63) is 113 Å². The fourth-order valence-electron chi connectivity index (χ4n) is 3.94. The SMILES string of the molecule is O=C(NCCCNC(=O)c1ccc2ccccc2n1)c1ccc(-c2cc3ccccc3oc2=O)cc1. The number of amides is 2. The Kier molecular flexibility index (Phi) is 6.53. The second-order valence-electron chi connectivity index (χ2n) is 8.32. The maximum absolute atomic E-state index is 12.5. The van der Waals surface area contributed by atoms with E-state index in [2.05, 4.69) is 15.6 Å². The molecule has 0 aliphatic rings. The zero-order chi connectivity index (χ0) is 24.9. The molecule has 0 unspecified atom stereocenters. The summed E-state index contributed by atoms with van der Waals surface area (Å²) in [4.78, 5) is 41.6. The van der Waals surface area contributed by atoms with Gasteiger partial charge in [0.05, 0.1) is 11.1 Å². The molecule has 0 spiro atoms. The van der Waals surface area contributed by atoms with Gasteiger partial charge in [-0.05, 0) is 48.4 Å². The van der Waals surface area contributed by atoms with E-state index >= 15 is 0 Å². The van der Waals surface area contributed by atoms with Crippen molar-refractivity contribution in [3.8, 4) is 11.1 Å². The largest absolute Gasteiger partial charge is 0.422 e. The third-order valence-electron chi connectivity index (χ3n) is 5.86. The summed E-state index contributed by atoms with van der Waals surface area (Å²) in [6.45, 7) is 0.810. The Bertz CT molecular complexity index is 1620. The first kappa shape index (κ1) is 23.0. The Hall–Kier alpha value is -4.78. The van der Waals surface area contributed by atoms with Gasteiger partial charge in [-0.15, -0.1) is 0 Å². The van der Waals surface area contributed by atoms with Crippen LogP contribution in [0.5, 0.6) is 0 Å². The molecule has 0 radical (unpaired) electrons. The summed E-state index contributed by atoms with van der Waals surface area (Å²) in [5, 5.41) is 7.48. The first-order valence-corrected chi connectivity index (χ1v) is 11.6. The first-order chi connectivity index (χ1) is 17.6. The molecule has 0 saturated heterocycles. The van der Waals surface area contributed by atoms with Gasteiger partial charge in [-0.3, -0.25) is 9.59 Å². The van der Waals surface area contributed by atoms with E-state index in [4.69, 9.17) is 4.42 Å². The van der Waals surface area contributed by atoms with Crippen LogP contribution in [-0.2, 0) is 0 Å². The summed E-state index contributed by atoms with van der Waals surface area (Å²) in [5.74, 6) is -0.476. The van der Waals surface area contributed by atoms with Gasteiger partial charge in [0.2, 0.25) is 0 Å². The number of hydrogen-bond acceptors (Lipinski definition) is 5. The zero-order valence-corrected chi connectivity index (χ0v) is 19.4. The number of rotatable bonds is 7. The van der Waals surface area contributed by atoms with E-state index in [1.54, 1.807) is 42.5 Å². The highest BCUT2D eigenvalue weighted by molar-refractivity contribution is 5.95. The molecule has 3 aromatic carbocycles. The minimum atomic E-state index is -0.424. The highest BCUT2D eigenvalue weighted by Gasteiger charge is 2.11. The third kappa shape index (κ3) is 5.00. The van der Waals surface area contributed by atoms with Crippen molar-refractivity contribution in [1.29, 1.82) is 0 Å². The van der Waals surface area contributed by atoms with Crippen molar-refractivity contribution in [3.63, 3.8) is 0 Å². The van der Waals surface area contributed by atoms with Crippen molar-refractivity contribution in [2.45, 2.75) is 6.42 Å². The Morgan fingerprint density at radius 1 is 0.750 bits per heavy atom. The maximum atomic E-state index is 12.5. The Morgan fingerprint density at radius 3 is 2.25 bits per heavy atom. The minimum absolute atomic E-state index is 0.227. The van der Waals surface area contributed by atoms with Crippen LogP contribution in [0.25, 0.3) is 33.0 Å².